The van der Waals surface area contributed by atoms with Gasteiger partial charge >= 0.3 is 0 Å². The first-order chi connectivity index (χ1) is 7.83. The topological polar surface area (TPSA) is 48.3 Å². The quantitative estimate of drug-likeness (QED) is 0.668. The maximum atomic E-state index is 5.52. The normalized spacial score (nSPS) is 12.9. The van der Waals surface area contributed by atoms with Crippen molar-refractivity contribution >= 4 is 0 Å². The molecule has 1 unspecified atom stereocenters. The van der Waals surface area contributed by atoms with Crippen molar-refractivity contribution in [2.45, 2.75) is 19.5 Å². The molecule has 1 heterocycles. The van der Waals surface area contributed by atoms with Crippen molar-refractivity contribution in [2.24, 2.45) is 0 Å². The van der Waals surface area contributed by atoms with E-state index in [1.807, 2.05) is 24.0 Å². The van der Waals surface area contributed by atoms with E-state index >= 15 is 0 Å². The lowest BCUT2D eigenvalue weighted by Gasteiger charge is -2.17. The molecule has 0 aromatic carbocycles. The van der Waals surface area contributed by atoms with Crippen LogP contribution in [0.5, 0.6) is 0 Å². The second kappa shape index (κ2) is 7.38. The lowest BCUT2D eigenvalue weighted by Crippen LogP contribution is -2.25. The fraction of sp³-hybridized carbons (Fsp3) is 0.727. The van der Waals surface area contributed by atoms with E-state index in [2.05, 4.69) is 17.3 Å². The molecule has 0 amide bonds. The van der Waals surface area contributed by atoms with Gasteiger partial charge in [0.25, 0.3) is 0 Å². The highest BCUT2D eigenvalue weighted by atomic mass is 16.5. The molecule has 0 saturated carbocycles. The predicted octanol–water partition coefficient (Wildman–Crippen LogP) is 0.826. The van der Waals surface area contributed by atoms with Crippen LogP contribution < -0.4 is 5.32 Å². The number of nitrogens with one attached hydrogen (secondary N) is 1. The number of aryl methyl sites for hydroxylation is 1. The third-order valence-corrected chi connectivity index (χ3v) is 2.47. The molecule has 5 heteroatoms. The van der Waals surface area contributed by atoms with Crippen molar-refractivity contribution in [1.82, 2.24) is 15.1 Å². The Morgan fingerprint density at radius 3 is 2.94 bits per heavy atom. The van der Waals surface area contributed by atoms with Crippen molar-refractivity contribution in [1.29, 1.82) is 0 Å². The molecule has 1 atom stereocenters. The molecule has 1 aromatic heterocycles. The molecule has 92 valence electrons. The Kier molecular flexibility index (Phi) is 6.07. The van der Waals surface area contributed by atoms with Crippen LogP contribution in [0.1, 0.15) is 18.7 Å². The summed E-state index contributed by atoms with van der Waals surface area (Å²) in [6, 6.07) is 2.20. The molecule has 1 rings (SSSR count). The second-order valence-corrected chi connectivity index (χ2v) is 3.48. The molecule has 0 aliphatic heterocycles. The highest BCUT2D eigenvalue weighted by Crippen LogP contribution is 2.12. The Morgan fingerprint density at radius 1 is 1.50 bits per heavy atom. The molecule has 0 fully saturated rings. The summed E-state index contributed by atoms with van der Waals surface area (Å²) < 4.78 is 12.4. The second-order valence-electron chi connectivity index (χ2n) is 3.48. The van der Waals surface area contributed by atoms with E-state index in [0.29, 0.717) is 19.8 Å². The summed E-state index contributed by atoms with van der Waals surface area (Å²) in [6.07, 6.45) is 1.82. The number of rotatable bonds is 8. The SMILES string of the molecule is CCn1nccc1C(COCCOC)NC. The number of hydrogen-bond donors (Lipinski definition) is 1. The van der Waals surface area contributed by atoms with Gasteiger partial charge in [0.2, 0.25) is 0 Å². The standard InChI is InChI=1S/C11H21N3O2/c1-4-14-11(5-6-13-14)10(12-2)9-16-8-7-15-3/h5-6,10,12H,4,7-9H2,1-3H3. The van der Waals surface area contributed by atoms with E-state index in [0.717, 1.165) is 12.2 Å². The molecular formula is C11H21N3O2. The van der Waals surface area contributed by atoms with Crippen LogP contribution in [0, 0.1) is 0 Å². The molecule has 0 radical (unpaired) electrons. The van der Waals surface area contributed by atoms with Crippen LogP contribution in [0.15, 0.2) is 12.3 Å². The lowest BCUT2D eigenvalue weighted by atomic mass is 10.2. The number of aromatic nitrogens is 2. The predicted molar refractivity (Wildman–Crippen MR) is 62.4 cm³/mol. The number of methoxy groups -OCH3 is 1. The minimum atomic E-state index is 0.180. The Hall–Kier alpha value is -0.910. The van der Waals surface area contributed by atoms with Crippen molar-refractivity contribution in [3.05, 3.63) is 18.0 Å². The number of hydrogen-bond acceptors (Lipinski definition) is 4. The third-order valence-electron chi connectivity index (χ3n) is 2.47. The molecule has 1 aromatic rings. The fourth-order valence-corrected chi connectivity index (χ4v) is 1.56. The van der Waals surface area contributed by atoms with Gasteiger partial charge in [-0.05, 0) is 20.0 Å². The van der Waals surface area contributed by atoms with E-state index in [9.17, 15) is 0 Å². The summed E-state index contributed by atoms with van der Waals surface area (Å²) in [6.45, 7) is 4.83. The van der Waals surface area contributed by atoms with Gasteiger partial charge in [-0.15, -0.1) is 0 Å². The average Bonchev–Trinajstić information content (AvgIpc) is 2.77. The third kappa shape index (κ3) is 3.59. The zero-order chi connectivity index (χ0) is 11.8. The van der Waals surface area contributed by atoms with Crippen LogP contribution in [0.3, 0.4) is 0 Å². The fourth-order valence-electron chi connectivity index (χ4n) is 1.56. The first-order valence-corrected chi connectivity index (χ1v) is 5.59. The molecular weight excluding hydrogens is 206 g/mol. The van der Waals surface area contributed by atoms with Crippen LogP contribution in [-0.2, 0) is 16.0 Å². The highest BCUT2D eigenvalue weighted by molar-refractivity contribution is 5.06. The van der Waals surface area contributed by atoms with Crippen molar-refractivity contribution in [3.63, 3.8) is 0 Å². The van der Waals surface area contributed by atoms with Gasteiger partial charge < -0.3 is 14.8 Å². The summed E-state index contributed by atoms with van der Waals surface area (Å²) in [5.74, 6) is 0. The minimum absolute atomic E-state index is 0.180. The van der Waals surface area contributed by atoms with E-state index in [1.165, 1.54) is 0 Å². The maximum absolute atomic E-state index is 5.52. The minimum Gasteiger partial charge on any atom is -0.382 e. The summed E-state index contributed by atoms with van der Waals surface area (Å²) in [4.78, 5) is 0. The highest BCUT2D eigenvalue weighted by Gasteiger charge is 2.13. The molecule has 0 aliphatic carbocycles. The zero-order valence-electron chi connectivity index (χ0n) is 10.3. The summed E-state index contributed by atoms with van der Waals surface area (Å²) in [7, 11) is 3.60. The van der Waals surface area contributed by atoms with Gasteiger partial charge in [0, 0.05) is 19.9 Å². The molecule has 1 N–H and O–H groups in total. The van der Waals surface area contributed by atoms with Gasteiger partial charge in [0.15, 0.2) is 0 Å². The Labute approximate surface area is 96.7 Å². The van der Waals surface area contributed by atoms with Gasteiger partial charge in [-0.1, -0.05) is 0 Å². The first kappa shape index (κ1) is 13.2. The monoisotopic (exact) mass is 227 g/mol. The van der Waals surface area contributed by atoms with Gasteiger partial charge in [-0.3, -0.25) is 4.68 Å². The van der Waals surface area contributed by atoms with Crippen molar-refractivity contribution < 1.29 is 9.47 Å². The smallest absolute Gasteiger partial charge is 0.0727 e. The summed E-state index contributed by atoms with van der Waals surface area (Å²) in [5.41, 5.74) is 1.16. The molecule has 16 heavy (non-hydrogen) atoms. The van der Waals surface area contributed by atoms with Gasteiger partial charge in [0.05, 0.1) is 31.6 Å². The maximum Gasteiger partial charge on any atom is 0.0727 e. The van der Waals surface area contributed by atoms with Crippen LogP contribution in [-0.4, -0.2) is 43.8 Å². The van der Waals surface area contributed by atoms with Crippen LogP contribution in [0.2, 0.25) is 0 Å². The average molecular weight is 227 g/mol. The van der Waals surface area contributed by atoms with E-state index < -0.39 is 0 Å². The van der Waals surface area contributed by atoms with Gasteiger partial charge in [-0.25, -0.2) is 0 Å². The van der Waals surface area contributed by atoms with Crippen molar-refractivity contribution in [2.75, 3.05) is 34.0 Å². The van der Waals surface area contributed by atoms with E-state index in [-0.39, 0.29) is 6.04 Å². The van der Waals surface area contributed by atoms with E-state index in [1.54, 1.807) is 7.11 Å². The number of nitrogens with zero attached hydrogens (tertiary/aromatic N) is 2. The Balaban J connectivity index is 2.47. The number of likely N-dealkylation sites (N-methyl/N-ethyl adjacent to an activating group) is 1. The van der Waals surface area contributed by atoms with Crippen LogP contribution in [0.25, 0.3) is 0 Å². The first-order valence-electron chi connectivity index (χ1n) is 5.59. The number of ether oxygens (including phenoxy) is 2. The molecule has 0 bridgehead atoms. The summed E-state index contributed by atoms with van der Waals surface area (Å²) in [5, 5.41) is 7.47. The molecule has 0 spiro atoms. The van der Waals surface area contributed by atoms with Gasteiger partial charge in [-0.2, -0.15) is 5.10 Å². The van der Waals surface area contributed by atoms with Crippen LogP contribution in [0.4, 0.5) is 0 Å². The van der Waals surface area contributed by atoms with Crippen LogP contribution >= 0.6 is 0 Å². The lowest BCUT2D eigenvalue weighted by molar-refractivity contribution is 0.0584. The largest absolute Gasteiger partial charge is 0.382 e. The Morgan fingerprint density at radius 2 is 2.31 bits per heavy atom. The molecule has 0 saturated heterocycles. The molecule has 5 nitrogen and oxygen atoms in total. The Bertz CT molecular complexity index is 289. The summed E-state index contributed by atoms with van der Waals surface area (Å²) >= 11 is 0. The molecule has 0 aliphatic rings. The zero-order valence-corrected chi connectivity index (χ0v) is 10.3. The van der Waals surface area contributed by atoms with Gasteiger partial charge in [0.1, 0.15) is 0 Å². The van der Waals surface area contributed by atoms with E-state index in [4.69, 9.17) is 9.47 Å². The van der Waals surface area contributed by atoms with Crippen molar-refractivity contribution in [3.8, 4) is 0 Å².